The number of hydrogen-bond acceptors (Lipinski definition) is 3. The lowest BCUT2D eigenvalue weighted by molar-refractivity contribution is 0.459. The third-order valence-electron chi connectivity index (χ3n) is 3.96. The van der Waals surface area contributed by atoms with Crippen LogP contribution in [0.5, 0.6) is 17.2 Å². The number of rotatable bonds is 4. The molecule has 0 aromatic heterocycles. The molecule has 112 valence electrons. The summed E-state index contributed by atoms with van der Waals surface area (Å²) in [6.45, 7) is 6.04. The fourth-order valence-corrected chi connectivity index (χ4v) is 2.86. The molecule has 0 saturated carbocycles. The molecule has 0 unspecified atom stereocenters. The minimum atomic E-state index is 0.119. The van der Waals surface area contributed by atoms with Gasteiger partial charge in [-0.3, -0.25) is 0 Å². The third-order valence-corrected chi connectivity index (χ3v) is 3.96. The van der Waals surface area contributed by atoms with E-state index in [4.69, 9.17) is 0 Å². The molecule has 0 aliphatic heterocycles. The van der Waals surface area contributed by atoms with Gasteiger partial charge in [0.05, 0.1) is 0 Å². The van der Waals surface area contributed by atoms with Crippen LogP contribution in [-0.4, -0.2) is 15.3 Å². The van der Waals surface area contributed by atoms with Crippen LogP contribution in [-0.2, 0) is 19.3 Å². The van der Waals surface area contributed by atoms with Crippen molar-refractivity contribution in [1.29, 1.82) is 0 Å². The minimum absolute atomic E-state index is 0.119. The van der Waals surface area contributed by atoms with Crippen molar-refractivity contribution < 1.29 is 15.3 Å². The molecule has 0 aliphatic carbocycles. The molecule has 0 aliphatic rings. The zero-order valence-electron chi connectivity index (χ0n) is 12.8. The Morgan fingerprint density at radius 1 is 0.762 bits per heavy atom. The highest BCUT2D eigenvalue weighted by Crippen LogP contribution is 2.40. The summed E-state index contributed by atoms with van der Waals surface area (Å²) >= 11 is 0. The normalized spacial score (nSPS) is 10.8. The molecule has 0 fully saturated rings. The Morgan fingerprint density at radius 3 is 2.00 bits per heavy atom. The molecule has 0 spiro atoms. The highest BCUT2D eigenvalue weighted by molar-refractivity contribution is 5.77. The molecule has 21 heavy (non-hydrogen) atoms. The summed E-state index contributed by atoms with van der Waals surface area (Å²) < 4.78 is 0. The standard InChI is InChI=1S/C18H22O3/c1-4-11-9-15(13(5-2)14(6-3)18(11)21)16-10-12(19)7-8-17(16)20/h7-10,19-21H,4-6H2,1-3H3. The SMILES string of the molecule is CCc1cc(-c2cc(O)ccc2O)c(CC)c(CC)c1O. The number of aromatic hydroxyl groups is 3. The molecule has 3 nitrogen and oxygen atoms in total. The first-order valence-corrected chi connectivity index (χ1v) is 7.42. The summed E-state index contributed by atoms with van der Waals surface area (Å²) in [5.41, 5.74) is 4.30. The lowest BCUT2D eigenvalue weighted by Gasteiger charge is -2.18. The first-order valence-electron chi connectivity index (χ1n) is 7.42. The summed E-state index contributed by atoms with van der Waals surface area (Å²) in [6, 6.07) is 6.45. The average Bonchev–Trinajstić information content (AvgIpc) is 2.49. The molecular weight excluding hydrogens is 264 g/mol. The maximum atomic E-state index is 10.4. The molecule has 0 radical (unpaired) electrons. The lowest BCUT2D eigenvalue weighted by atomic mass is 9.88. The number of aryl methyl sites for hydroxylation is 1. The van der Waals surface area contributed by atoms with Crippen molar-refractivity contribution in [1.82, 2.24) is 0 Å². The smallest absolute Gasteiger partial charge is 0.123 e. The van der Waals surface area contributed by atoms with E-state index in [9.17, 15) is 15.3 Å². The highest BCUT2D eigenvalue weighted by atomic mass is 16.3. The number of hydrogen-bond donors (Lipinski definition) is 3. The summed E-state index contributed by atoms with van der Waals surface area (Å²) in [7, 11) is 0. The van der Waals surface area contributed by atoms with Gasteiger partial charge in [-0.1, -0.05) is 20.8 Å². The van der Waals surface area contributed by atoms with E-state index in [0.29, 0.717) is 11.3 Å². The van der Waals surface area contributed by atoms with Crippen molar-refractivity contribution in [2.24, 2.45) is 0 Å². The van der Waals surface area contributed by atoms with Crippen LogP contribution in [0.4, 0.5) is 0 Å². The van der Waals surface area contributed by atoms with Crippen molar-refractivity contribution in [3.8, 4) is 28.4 Å². The molecule has 0 bridgehead atoms. The Morgan fingerprint density at radius 2 is 1.43 bits per heavy atom. The van der Waals surface area contributed by atoms with Gasteiger partial charge < -0.3 is 15.3 Å². The van der Waals surface area contributed by atoms with E-state index in [1.54, 1.807) is 6.07 Å². The second-order valence-corrected chi connectivity index (χ2v) is 5.15. The molecule has 0 heterocycles. The Balaban J connectivity index is 2.81. The van der Waals surface area contributed by atoms with Gasteiger partial charge in [0.1, 0.15) is 17.2 Å². The van der Waals surface area contributed by atoms with Gasteiger partial charge in [0.25, 0.3) is 0 Å². The zero-order chi connectivity index (χ0) is 15.6. The topological polar surface area (TPSA) is 60.7 Å². The maximum Gasteiger partial charge on any atom is 0.123 e. The zero-order valence-corrected chi connectivity index (χ0v) is 12.8. The van der Waals surface area contributed by atoms with E-state index >= 15 is 0 Å². The van der Waals surface area contributed by atoms with Crippen molar-refractivity contribution in [3.63, 3.8) is 0 Å². The van der Waals surface area contributed by atoms with E-state index in [2.05, 4.69) is 0 Å². The lowest BCUT2D eigenvalue weighted by Crippen LogP contribution is -1.99. The fraction of sp³-hybridized carbons (Fsp3) is 0.333. The molecule has 3 heteroatoms. The van der Waals surface area contributed by atoms with E-state index < -0.39 is 0 Å². The Labute approximate surface area is 125 Å². The molecule has 2 rings (SSSR count). The number of phenols is 3. The summed E-state index contributed by atoms with van der Waals surface area (Å²) in [4.78, 5) is 0. The van der Waals surface area contributed by atoms with Crippen molar-refractivity contribution in [3.05, 3.63) is 41.0 Å². The summed E-state index contributed by atoms with van der Waals surface area (Å²) in [6.07, 6.45) is 2.20. The number of benzene rings is 2. The molecule has 0 atom stereocenters. The average molecular weight is 286 g/mol. The van der Waals surface area contributed by atoms with Crippen molar-refractivity contribution in [2.75, 3.05) is 0 Å². The molecular formula is C18H22O3. The Bertz CT molecular complexity index is 660. The molecule has 2 aromatic carbocycles. The van der Waals surface area contributed by atoms with Gasteiger partial charge in [0.15, 0.2) is 0 Å². The van der Waals surface area contributed by atoms with Crippen LogP contribution in [0.1, 0.15) is 37.5 Å². The minimum Gasteiger partial charge on any atom is -0.508 e. The van der Waals surface area contributed by atoms with Gasteiger partial charge in [-0.25, -0.2) is 0 Å². The van der Waals surface area contributed by atoms with E-state index in [0.717, 1.165) is 41.5 Å². The molecule has 2 aromatic rings. The summed E-state index contributed by atoms with van der Waals surface area (Å²) in [5, 5.41) is 30.2. The van der Waals surface area contributed by atoms with Crippen molar-refractivity contribution >= 4 is 0 Å². The molecule has 3 N–H and O–H groups in total. The Kier molecular flexibility index (Phi) is 4.41. The van der Waals surface area contributed by atoms with E-state index in [-0.39, 0.29) is 11.5 Å². The predicted octanol–water partition coefficient (Wildman–Crippen LogP) is 4.16. The third kappa shape index (κ3) is 2.68. The second kappa shape index (κ2) is 6.08. The largest absolute Gasteiger partial charge is 0.508 e. The number of phenolic OH excluding ortho intramolecular Hbond substituents is 3. The van der Waals surface area contributed by atoms with E-state index in [1.165, 1.54) is 12.1 Å². The van der Waals surface area contributed by atoms with Crippen LogP contribution in [0.2, 0.25) is 0 Å². The summed E-state index contributed by atoms with van der Waals surface area (Å²) in [5.74, 6) is 0.617. The van der Waals surface area contributed by atoms with Gasteiger partial charge in [-0.2, -0.15) is 0 Å². The van der Waals surface area contributed by atoms with Gasteiger partial charge in [0, 0.05) is 5.56 Å². The highest BCUT2D eigenvalue weighted by Gasteiger charge is 2.18. The van der Waals surface area contributed by atoms with Gasteiger partial charge >= 0.3 is 0 Å². The quantitative estimate of drug-likeness (QED) is 0.740. The van der Waals surface area contributed by atoms with Gasteiger partial charge in [0.2, 0.25) is 0 Å². The van der Waals surface area contributed by atoms with Crippen LogP contribution in [0.25, 0.3) is 11.1 Å². The predicted molar refractivity (Wildman–Crippen MR) is 85.0 cm³/mol. The van der Waals surface area contributed by atoms with Gasteiger partial charge in [-0.15, -0.1) is 0 Å². The van der Waals surface area contributed by atoms with Crippen LogP contribution in [0.15, 0.2) is 24.3 Å². The monoisotopic (exact) mass is 286 g/mol. The van der Waals surface area contributed by atoms with E-state index in [1.807, 2.05) is 26.8 Å². The Hall–Kier alpha value is -2.16. The molecule has 0 saturated heterocycles. The van der Waals surface area contributed by atoms with Crippen LogP contribution in [0, 0.1) is 0 Å². The van der Waals surface area contributed by atoms with Crippen LogP contribution >= 0.6 is 0 Å². The van der Waals surface area contributed by atoms with Crippen molar-refractivity contribution in [2.45, 2.75) is 40.0 Å². The first-order chi connectivity index (χ1) is 10.0. The van der Waals surface area contributed by atoms with Crippen LogP contribution in [0.3, 0.4) is 0 Å². The second-order valence-electron chi connectivity index (χ2n) is 5.15. The van der Waals surface area contributed by atoms with Gasteiger partial charge in [-0.05, 0) is 65.8 Å². The van der Waals surface area contributed by atoms with Crippen LogP contribution < -0.4 is 0 Å². The maximum absolute atomic E-state index is 10.4. The molecule has 0 amide bonds. The first kappa shape index (κ1) is 15.2. The fourth-order valence-electron chi connectivity index (χ4n) is 2.86.